The predicted octanol–water partition coefficient (Wildman–Crippen LogP) is 2.90. The number of methoxy groups -OCH3 is 3. The van der Waals surface area contributed by atoms with Crippen molar-refractivity contribution in [2.75, 3.05) is 47.6 Å². The van der Waals surface area contributed by atoms with Crippen LogP contribution in [0.1, 0.15) is 11.1 Å². The van der Waals surface area contributed by atoms with Crippen molar-refractivity contribution in [3.05, 3.63) is 47.5 Å². The predicted molar refractivity (Wildman–Crippen MR) is 111 cm³/mol. The summed E-state index contributed by atoms with van der Waals surface area (Å²) in [5, 5.41) is 0. The summed E-state index contributed by atoms with van der Waals surface area (Å²) in [5.74, 6) is 1.66. The molecule has 0 spiro atoms. The Morgan fingerprint density at radius 2 is 1.52 bits per heavy atom. The van der Waals surface area contributed by atoms with Crippen molar-refractivity contribution in [2.24, 2.45) is 0 Å². The van der Waals surface area contributed by atoms with E-state index in [9.17, 15) is 8.42 Å². The summed E-state index contributed by atoms with van der Waals surface area (Å²) in [7, 11) is 1.20. The van der Waals surface area contributed by atoms with E-state index in [1.165, 1.54) is 4.31 Å². The van der Waals surface area contributed by atoms with E-state index in [0.29, 0.717) is 43.6 Å². The molecule has 0 N–H and O–H groups in total. The van der Waals surface area contributed by atoms with Gasteiger partial charge in [0, 0.05) is 18.7 Å². The van der Waals surface area contributed by atoms with Crippen LogP contribution in [-0.2, 0) is 14.8 Å². The number of sulfonamides is 1. The summed E-state index contributed by atoms with van der Waals surface area (Å²) in [6.45, 7) is 1.60. The first-order valence-corrected chi connectivity index (χ1v) is 10.6. The highest BCUT2D eigenvalue weighted by molar-refractivity contribution is 7.89. The number of ether oxygens (including phenoxy) is 4. The normalized spacial score (nSPS) is 15.4. The van der Waals surface area contributed by atoms with Crippen molar-refractivity contribution in [3.8, 4) is 17.2 Å². The third kappa shape index (κ3) is 4.55. The van der Waals surface area contributed by atoms with Crippen LogP contribution in [0.5, 0.6) is 17.2 Å². The zero-order valence-electron chi connectivity index (χ0n) is 16.8. The van der Waals surface area contributed by atoms with Crippen LogP contribution in [0.15, 0.2) is 41.3 Å². The van der Waals surface area contributed by atoms with Gasteiger partial charge in [0.05, 0.1) is 39.4 Å². The molecule has 8 heteroatoms. The van der Waals surface area contributed by atoms with Gasteiger partial charge in [-0.1, -0.05) is 24.3 Å². The lowest BCUT2D eigenvalue weighted by molar-refractivity contribution is 0.0730. The molecule has 3 rings (SSSR count). The fraction of sp³-hybridized carbons (Fsp3) is 0.333. The average Bonchev–Trinajstić information content (AvgIpc) is 2.77. The minimum atomic E-state index is -3.49. The second-order valence-electron chi connectivity index (χ2n) is 6.34. The van der Waals surface area contributed by atoms with Gasteiger partial charge in [-0.05, 0) is 29.8 Å². The first-order valence-electron chi connectivity index (χ1n) is 9.16. The number of nitrogens with zero attached hydrogens (tertiary/aromatic N) is 1. The number of rotatable bonds is 7. The van der Waals surface area contributed by atoms with Crippen LogP contribution in [0.3, 0.4) is 0 Å². The van der Waals surface area contributed by atoms with Gasteiger partial charge >= 0.3 is 0 Å². The number of hydrogen-bond acceptors (Lipinski definition) is 6. The summed E-state index contributed by atoms with van der Waals surface area (Å²) in [6.07, 6.45) is 3.77. The van der Waals surface area contributed by atoms with E-state index in [4.69, 9.17) is 18.9 Å². The van der Waals surface area contributed by atoms with Gasteiger partial charge in [0.25, 0.3) is 0 Å². The summed E-state index contributed by atoms with van der Waals surface area (Å²) >= 11 is 0. The van der Waals surface area contributed by atoms with Gasteiger partial charge in [-0.15, -0.1) is 0 Å². The largest absolute Gasteiger partial charge is 0.493 e. The minimum Gasteiger partial charge on any atom is -0.493 e. The maximum Gasteiger partial charge on any atom is 0.243 e. The molecule has 0 unspecified atom stereocenters. The maximum absolute atomic E-state index is 12.7. The highest BCUT2D eigenvalue weighted by Crippen LogP contribution is 2.40. The first-order chi connectivity index (χ1) is 14.0. The fourth-order valence-corrected chi connectivity index (χ4v) is 4.54. The van der Waals surface area contributed by atoms with E-state index < -0.39 is 10.0 Å². The number of morpholine rings is 1. The topological polar surface area (TPSA) is 74.3 Å². The van der Waals surface area contributed by atoms with Crippen LogP contribution < -0.4 is 14.2 Å². The molecule has 0 saturated carbocycles. The number of benzene rings is 2. The molecule has 7 nitrogen and oxygen atoms in total. The molecular weight excluding hydrogens is 394 g/mol. The van der Waals surface area contributed by atoms with Crippen molar-refractivity contribution < 1.29 is 27.4 Å². The van der Waals surface area contributed by atoms with Gasteiger partial charge in [0.1, 0.15) is 0 Å². The fourth-order valence-electron chi connectivity index (χ4n) is 3.13. The molecule has 0 atom stereocenters. The second-order valence-corrected chi connectivity index (χ2v) is 8.28. The zero-order valence-corrected chi connectivity index (χ0v) is 17.6. The van der Waals surface area contributed by atoms with Crippen LogP contribution in [-0.4, -0.2) is 60.4 Å². The van der Waals surface area contributed by atoms with Gasteiger partial charge in [0.2, 0.25) is 15.8 Å². The van der Waals surface area contributed by atoms with Crippen molar-refractivity contribution in [3.63, 3.8) is 0 Å². The van der Waals surface area contributed by atoms with Gasteiger partial charge in [-0.3, -0.25) is 0 Å². The Hall–Kier alpha value is -2.55. The standard InChI is InChI=1S/C21H25NO6S/c1-25-19-11-8-17(20(26-2)21(19)27-3)7-4-16-5-9-18(10-6-16)29(23,24)22-12-14-28-15-13-22/h4-11H,12-15H2,1-3H3. The summed E-state index contributed by atoms with van der Waals surface area (Å²) in [5.41, 5.74) is 1.68. The van der Waals surface area contributed by atoms with Crippen LogP contribution >= 0.6 is 0 Å². The van der Waals surface area contributed by atoms with Crippen molar-refractivity contribution in [2.45, 2.75) is 4.90 Å². The van der Waals surface area contributed by atoms with E-state index in [1.807, 2.05) is 18.2 Å². The molecular formula is C21H25NO6S. The van der Waals surface area contributed by atoms with Crippen LogP contribution in [0.2, 0.25) is 0 Å². The molecule has 0 bridgehead atoms. The maximum atomic E-state index is 12.7. The van der Waals surface area contributed by atoms with Gasteiger partial charge < -0.3 is 18.9 Å². The van der Waals surface area contributed by atoms with Gasteiger partial charge in [-0.2, -0.15) is 4.31 Å². The van der Waals surface area contributed by atoms with Crippen molar-refractivity contribution >= 4 is 22.2 Å². The average molecular weight is 419 g/mol. The summed E-state index contributed by atoms with van der Waals surface area (Å²) in [6, 6.07) is 10.5. The third-order valence-corrected chi connectivity index (χ3v) is 6.59. The molecule has 1 aliphatic heterocycles. The Balaban J connectivity index is 1.82. The lowest BCUT2D eigenvalue weighted by Gasteiger charge is -2.26. The molecule has 156 valence electrons. The number of hydrogen-bond donors (Lipinski definition) is 0. The van der Waals surface area contributed by atoms with E-state index in [-0.39, 0.29) is 4.90 Å². The molecule has 1 fully saturated rings. The Morgan fingerprint density at radius 3 is 2.10 bits per heavy atom. The molecule has 1 heterocycles. The highest BCUT2D eigenvalue weighted by Gasteiger charge is 2.26. The lowest BCUT2D eigenvalue weighted by Crippen LogP contribution is -2.40. The molecule has 0 amide bonds. The molecule has 0 radical (unpaired) electrons. The molecule has 0 aromatic heterocycles. The highest BCUT2D eigenvalue weighted by atomic mass is 32.2. The molecule has 1 saturated heterocycles. The van der Waals surface area contributed by atoms with Crippen LogP contribution in [0.25, 0.3) is 12.2 Å². The SMILES string of the molecule is COc1ccc(C=Cc2ccc(S(=O)(=O)N3CCOCC3)cc2)c(OC)c1OC. The Morgan fingerprint density at radius 1 is 0.862 bits per heavy atom. The quantitative estimate of drug-likeness (QED) is 0.643. The van der Waals surface area contributed by atoms with Crippen molar-refractivity contribution in [1.82, 2.24) is 4.31 Å². The summed E-state index contributed by atoms with van der Waals surface area (Å²) in [4.78, 5) is 0.278. The van der Waals surface area contributed by atoms with Crippen LogP contribution in [0, 0.1) is 0 Å². The van der Waals surface area contributed by atoms with E-state index in [0.717, 1.165) is 11.1 Å². The lowest BCUT2D eigenvalue weighted by atomic mass is 10.1. The Labute approximate surface area is 171 Å². The van der Waals surface area contributed by atoms with Crippen LogP contribution in [0.4, 0.5) is 0 Å². The molecule has 29 heavy (non-hydrogen) atoms. The molecule has 2 aromatic rings. The van der Waals surface area contributed by atoms with Gasteiger partial charge in [-0.25, -0.2) is 8.42 Å². The van der Waals surface area contributed by atoms with E-state index in [1.54, 1.807) is 51.7 Å². The molecule has 2 aromatic carbocycles. The smallest absolute Gasteiger partial charge is 0.243 e. The monoisotopic (exact) mass is 419 g/mol. The van der Waals surface area contributed by atoms with E-state index in [2.05, 4.69) is 0 Å². The first kappa shape index (κ1) is 21.2. The molecule has 1 aliphatic rings. The third-order valence-electron chi connectivity index (χ3n) is 4.68. The van der Waals surface area contributed by atoms with E-state index >= 15 is 0 Å². The van der Waals surface area contributed by atoms with Gasteiger partial charge in [0.15, 0.2) is 11.5 Å². The minimum absolute atomic E-state index is 0.278. The Kier molecular flexibility index (Phi) is 6.79. The zero-order chi connectivity index (χ0) is 20.9. The Bertz CT molecular complexity index is 963. The summed E-state index contributed by atoms with van der Waals surface area (Å²) < 4.78 is 48.3. The van der Waals surface area contributed by atoms with Crippen molar-refractivity contribution in [1.29, 1.82) is 0 Å². The second kappa shape index (κ2) is 9.30. The molecule has 0 aliphatic carbocycles.